The van der Waals surface area contributed by atoms with Gasteiger partial charge in [-0.15, -0.1) is 6.42 Å². The second-order valence-corrected chi connectivity index (χ2v) is 5.31. The zero-order valence-corrected chi connectivity index (χ0v) is 17.9. The molecule has 6 heteroatoms. The molecule has 0 saturated heterocycles. The van der Waals surface area contributed by atoms with E-state index in [2.05, 4.69) is 25.2 Å². The van der Waals surface area contributed by atoms with Gasteiger partial charge in [0, 0.05) is 14.9 Å². The van der Waals surface area contributed by atoms with Crippen molar-refractivity contribution in [2.75, 3.05) is 0 Å². The largest absolute Gasteiger partial charge is 4.00 e. The predicted octanol–water partition coefficient (Wildman–Crippen LogP) is -2.56. The van der Waals surface area contributed by atoms with Crippen molar-refractivity contribution in [2.24, 2.45) is 5.41 Å². The van der Waals surface area contributed by atoms with Crippen LogP contribution >= 0.6 is 0 Å². The van der Waals surface area contributed by atoms with E-state index in [0.717, 1.165) is 15.9 Å². The Kier molecular flexibility index (Phi) is 34.5. The number of hydrogen-bond donors (Lipinski definition) is 0. The molecule has 0 atom stereocenters. The van der Waals surface area contributed by atoms with E-state index in [1.165, 1.54) is 0 Å². The van der Waals surface area contributed by atoms with Crippen molar-refractivity contribution in [3.05, 3.63) is 30.0 Å². The first kappa shape index (κ1) is 31.2. The maximum atomic E-state index is 10.1. The number of amides is 1. The second-order valence-electron chi connectivity index (χ2n) is 4.16. The van der Waals surface area contributed by atoms with Gasteiger partial charge in [0.1, 0.15) is 0 Å². The van der Waals surface area contributed by atoms with Crippen LogP contribution in [0, 0.1) is 11.5 Å². The fourth-order valence-electron chi connectivity index (χ4n) is 0.340. The summed E-state index contributed by atoms with van der Waals surface area (Å²) in [7, 11) is 0.750. The van der Waals surface area contributed by atoms with Crippen molar-refractivity contribution in [3.63, 3.8) is 0 Å². The van der Waals surface area contributed by atoms with Crippen LogP contribution in [0.25, 0.3) is 5.73 Å². The summed E-state index contributed by atoms with van der Waals surface area (Å²) in [6.45, 7) is 9.59. The zero-order valence-electron chi connectivity index (χ0n) is 11.7. The van der Waals surface area contributed by atoms with Crippen LogP contribution in [0.5, 0.6) is 0 Å². The Morgan fingerprint density at radius 2 is 1.61 bits per heavy atom. The quantitative estimate of drug-likeness (QED) is 0.282. The van der Waals surface area contributed by atoms with Crippen molar-refractivity contribution >= 4 is 15.4 Å². The number of hydrogen-bond acceptors (Lipinski definition) is 1. The van der Waals surface area contributed by atoms with Gasteiger partial charge in [-0.1, -0.05) is 33.9 Å². The van der Waals surface area contributed by atoms with Gasteiger partial charge in [-0.3, -0.25) is 6.08 Å². The summed E-state index contributed by atoms with van der Waals surface area (Å²) in [5.41, 5.74) is 6.12. The normalized spacial score (nSPS) is 10.3. The van der Waals surface area contributed by atoms with E-state index in [-0.39, 0.29) is 50.7 Å². The van der Waals surface area contributed by atoms with Crippen molar-refractivity contribution in [1.82, 2.24) is 0 Å². The minimum Gasteiger partial charge on any atom is -1.00 e. The predicted molar refractivity (Wildman–Crippen MR) is 69.2 cm³/mol. The number of carbonyl (C=O) groups is 1. The molecule has 1 N–H and O–H groups in total. The number of allylic oxidation sites excluding steroid dienone is 4. The minimum atomic E-state index is -0.507. The molecule has 1 aliphatic rings. The molecular weight excluding hydrogens is 452 g/mol. The summed E-state index contributed by atoms with van der Waals surface area (Å²) in [4.78, 5) is 10.1. The molecule has 0 unspecified atom stereocenters. The van der Waals surface area contributed by atoms with Crippen molar-refractivity contribution in [1.29, 1.82) is 0 Å². The first-order chi connectivity index (χ1) is 6.86. The Balaban J connectivity index is -0.0000000461. The molecule has 0 fully saturated rings. The van der Waals surface area contributed by atoms with Gasteiger partial charge in [0.05, 0.1) is 5.91 Å². The van der Waals surface area contributed by atoms with Crippen LogP contribution in [-0.4, -0.2) is 15.4 Å². The molecule has 0 aromatic carbocycles. The maximum Gasteiger partial charge on any atom is 4.00 e. The average Bonchev–Trinajstić information content (AvgIpc) is 2.59. The smallest absolute Gasteiger partial charge is 1.00 e. The molecule has 0 saturated carbocycles. The van der Waals surface area contributed by atoms with Crippen LogP contribution in [0.1, 0.15) is 27.2 Å². The molecule has 1 rings (SSSR count). The van der Waals surface area contributed by atoms with Gasteiger partial charge in [0.25, 0.3) is 0 Å². The van der Waals surface area contributed by atoms with Gasteiger partial charge in [0.2, 0.25) is 0 Å². The molecule has 103 valence electrons. The molecule has 0 bridgehead atoms. The standard InChI is InChI=1S/C5H11NO.C5H5.C2H7Si.2ClH.Hf/c1-5(2,3)4(6)7;1-2-4-5-3-1;1-3-2;;;/h1-3H3,(H2,6,7);1-3H,4H2;3H,1-2H3;2*1H;/q;-1;;;;+4/p-3. The van der Waals surface area contributed by atoms with Crippen LogP contribution in [0.2, 0.25) is 13.1 Å². The third-order valence-electron chi connectivity index (χ3n) is 1.27. The van der Waals surface area contributed by atoms with Gasteiger partial charge in [-0.25, -0.2) is 12.2 Å². The Labute approximate surface area is 146 Å². The van der Waals surface area contributed by atoms with E-state index < -0.39 is 11.3 Å². The van der Waals surface area contributed by atoms with Crippen LogP contribution in [0.15, 0.2) is 18.2 Å². The van der Waals surface area contributed by atoms with E-state index in [0.29, 0.717) is 0 Å². The molecular formula is C12H22Cl2HfNOSi. The molecule has 1 amide bonds. The molecule has 0 spiro atoms. The molecule has 2 nitrogen and oxygen atoms in total. The number of halogens is 2. The van der Waals surface area contributed by atoms with Crippen LogP contribution in [0.4, 0.5) is 0 Å². The van der Waals surface area contributed by atoms with Gasteiger partial charge >= 0.3 is 25.8 Å². The maximum absolute atomic E-state index is 10.1. The van der Waals surface area contributed by atoms with E-state index in [9.17, 15) is 4.79 Å². The Morgan fingerprint density at radius 1 is 1.28 bits per heavy atom. The van der Waals surface area contributed by atoms with Crippen LogP contribution < -0.4 is 24.8 Å². The fourth-order valence-corrected chi connectivity index (χ4v) is 0.340. The van der Waals surface area contributed by atoms with Gasteiger partial charge in [-0.2, -0.15) is 6.08 Å². The average molecular weight is 474 g/mol. The van der Waals surface area contributed by atoms with E-state index in [1.54, 1.807) is 20.8 Å². The third-order valence-corrected chi connectivity index (χ3v) is 1.27. The molecule has 0 aromatic rings. The molecule has 0 heterocycles. The summed E-state index contributed by atoms with van der Waals surface area (Å²) in [6.07, 6.45) is 10.0. The number of carbonyl (C=O) groups excluding carboxylic acids is 1. The SMILES string of the molecule is CC(C)(C)C([NH-])=O.C[SiH]C.[C-]1=CC=CC1.[Cl-].[Cl-].[Hf+4]. The third kappa shape index (κ3) is 30.0. The van der Waals surface area contributed by atoms with E-state index >= 15 is 0 Å². The monoisotopic (exact) mass is 474 g/mol. The molecule has 0 aliphatic heterocycles. The van der Waals surface area contributed by atoms with E-state index in [1.807, 2.05) is 12.2 Å². The first-order valence-electron chi connectivity index (χ1n) is 5.08. The fraction of sp³-hybridized carbons (Fsp3) is 0.583. The Morgan fingerprint density at radius 3 is 1.67 bits per heavy atom. The van der Waals surface area contributed by atoms with Crippen molar-refractivity contribution in [3.8, 4) is 0 Å². The molecule has 0 aromatic heterocycles. The molecule has 18 heavy (non-hydrogen) atoms. The number of rotatable bonds is 0. The zero-order chi connectivity index (χ0) is 12.3. The number of nitrogens with one attached hydrogen (secondary N) is 1. The summed E-state index contributed by atoms with van der Waals surface area (Å²) >= 11 is 0. The summed E-state index contributed by atoms with van der Waals surface area (Å²) < 4.78 is 0. The summed E-state index contributed by atoms with van der Waals surface area (Å²) in [6, 6.07) is 0. The van der Waals surface area contributed by atoms with E-state index in [4.69, 9.17) is 5.73 Å². The van der Waals surface area contributed by atoms with Gasteiger partial charge < -0.3 is 35.3 Å². The summed E-state index contributed by atoms with van der Waals surface area (Å²) in [5.74, 6) is -0.507. The van der Waals surface area contributed by atoms with Crippen molar-refractivity contribution < 1.29 is 55.5 Å². The summed E-state index contributed by atoms with van der Waals surface area (Å²) in [5, 5.41) is 0. The second kappa shape index (κ2) is 19.9. The van der Waals surface area contributed by atoms with Crippen LogP contribution in [0.3, 0.4) is 0 Å². The van der Waals surface area contributed by atoms with Crippen LogP contribution in [-0.2, 0) is 30.6 Å². The molecule has 1 radical (unpaired) electrons. The van der Waals surface area contributed by atoms with Gasteiger partial charge in [-0.05, 0) is 0 Å². The Hall–Kier alpha value is 0.617. The topological polar surface area (TPSA) is 40.9 Å². The first-order valence-corrected chi connectivity index (χ1v) is 7.39. The van der Waals surface area contributed by atoms with Gasteiger partial charge in [0.15, 0.2) is 0 Å². The Bertz CT molecular complexity index is 219. The van der Waals surface area contributed by atoms with Crippen molar-refractivity contribution in [2.45, 2.75) is 40.3 Å². The minimum absolute atomic E-state index is 0. The molecule has 1 aliphatic carbocycles.